The second kappa shape index (κ2) is 8.18. The predicted molar refractivity (Wildman–Crippen MR) is 104 cm³/mol. The molecule has 1 saturated heterocycles. The first-order valence-electron chi connectivity index (χ1n) is 9.98. The van der Waals surface area contributed by atoms with Gasteiger partial charge in [0.2, 0.25) is 11.8 Å². The zero-order valence-electron chi connectivity index (χ0n) is 15.9. The first kappa shape index (κ1) is 18.7. The standard InChI is InChI=1S/C20H26N4O4/c25-18(21-15-7-8-15)14-22-10-12-23(13-11-22)19(26)6-3-9-24-16-4-1-2-5-17(16)28-20(24)27/h1-2,4-5,15H,3,6-14H2,(H,21,25). The normalized spacial score (nSPS) is 17.8. The molecule has 2 amide bonds. The van der Waals surface area contributed by atoms with Crippen LogP contribution in [0.1, 0.15) is 25.7 Å². The van der Waals surface area contributed by atoms with Crippen LogP contribution in [0.5, 0.6) is 0 Å². The van der Waals surface area contributed by atoms with Crippen molar-refractivity contribution in [3.05, 3.63) is 34.8 Å². The fourth-order valence-electron chi connectivity index (χ4n) is 3.63. The summed E-state index contributed by atoms with van der Waals surface area (Å²) in [6, 6.07) is 7.69. The van der Waals surface area contributed by atoms with Crippen molar-refractivity contribution in [3.63, 3.8) is 0 Å². The highest BCUT2D eigenvalue weighted by Crippen LogP contribution is 2.18. The summed E-state index contributed by atoms with van der Waals surface area (Å²) < 4.78 is 6.80. The molecule has 28 heavy (non-hydrogen) atoms. The van der Waals surface area contributed by atoms with Gasteiger partial charge in [-0.25, -0.2) is 4.79 Å². The van der Waals surface area contributed by atoms with E-state index in [4.69, 9.17) is 4.42 Å². The fourth-order valence-corrected chi connectivity index (χ4v) is 3.63. The number of nitrogens with one attached hydrogen (secondary N) is 1. The lowest BCUT2D eigenvalue weighted by Gasteiger charge is -2.34. The highest BCUT2D eigenvalue weighted by molar-refractivity contribution is 5.79. The van der Waals surface area contributed by atoms with Crippen LogP contribution in [0.15, 0.2) is 33.5 Å². The molecule has 1 aromatic heterocycles. The molecule has 150 valence electrons. The summed E-state index contributed by atoms with van der Waals surface area (Å²) >= 11 is 0. The lowest BCUT2D eigenvalue weighted by atomic mass is 10.2. The Morgan fingerprint density at radius 2 is 1.86 bits per heavy atom. The van der Waals surface area contributed by atoms with E-state index in [2.05, 4.69) is 10.2 Å². The molecule has 0 bridgehead atoms. The number of amides is 2. The zero-order chi connectivity index (χ0) is 19.5. The maximum atomic E-state index is 12.5. The summed E-state index contributed by atoms with van der Waals surface area (Å²) in [5.41, 5.74) is 1.33. The van der Waals surface area contributed by atoms with Crippen molar-refractivity contribution in [2.45, 2.75) is 38.3 Å². The summed E-state index contributed by atoms with van der Waals surface area (Å²) in [4.78, 5) is 40.3. The molecule has 1 aromatic carbocycles. The Bertz CT molecular complexity index is 906. The summed E-state index contributed by atoms with van der Waals surface area (Å²) in [5.74, 6) is -0.199. The fraction of sp³-hybridized carbons (Fsp3) is 0.550. The van der Waals surface area contributed by atoms with Crippen molar-refractivity contribution in [2.75, 3.05) is 32.7 Å². The van der Waals surface area contributed by atoms with Gasteiger partial charge in [0, 0.05) is 45.2 Å². The van der Waals surface area contributed by atoms with E-state index in [1.54, 1.807) is 10.6 Å². The molecule has 1 N–H and O–H groups in total. The summed E-state index contributed by atoms with van der Waals surface area (Å²) in [7, 11) is 0. The van der Waals surface area contributed by atoms with Crippen LogP contribution < -0.4 is 11.1 Å². The SMILES string of the molecule is O=C(CN1CCN(C(=O)CCCn2c(=O)oc3ccccc32)CC1)NC1CC1. The minimum absolute atomic E-state index is 0.0834. The smallest absolute Gasteiger partial charge is 0.408 e. The number of carbonyl (C=O) groups excluding carboxylic acids is 2. The Morgan fingerprint density at radius 3 is 2.61 bits per heavy atom. The van der Waals surface area contributed by atoms with Gasteiger partial charge in [-0.05, 0) is 31.4 Å². The van der Waals surface area contributed by atoms with E-state index < -0.39 is 0 Å². The van der Waals surface area contributed by atoms with Crippen molar-refractivity contribution in [1.29, 1.82) is 0 Å². The van der Waals surface area contributed by atoms with E-state index in [1.165, 1.54) is 0 Å². The van der Waals surface area contributed by atoms with Crippen molar-refractivity contribution >= 4 is 22.9 Å². The topological polar surface area (TPSA) is 87.8 Å². The monoisotopic (exact) mass is 386 g/mol. The van der Waals surface area contributed by atoms with E-state index in [-0.39, 0.29) is 17.6 Å². The third kappa shape index (κ3) is 4.44. The van der Waals surface area contributed by atoms with Gasteiger partial charge in [-0.2, -0.15) is 0 Å². The molecule has 2 heterocycles. The van der Waals surface area contributed by atoms with E-state index >= 15 is 0 Å². The van der Waals surface area contributed by atoms with Gasteiger partial charge in [-0.1, -0.05) is 12.1 Å². The molecule has 0 spiro atoms. The lowest BCUT2D eigenvalue weighted by molar-refractivity contribution is -0.133. The Kier molecular flexibility index (Phi) is 5.47. The summed E-state index contributed by atoms with van der Waals surface area (Å²) in [5, 5.41) is 3.00. The maximum absolute atomic E-state index is 12.5. The van der Waals surface area contributed by atoms with Crippen LogP contribution in [-0.4, -0.2) is 64.9 Å². The molecule has 2 fully saturated rings. The Labute approximate surface area is 163 Å². The molecule has 0 atom stereocenters. The van der Waals surface area contributed by atoms with Gasteiger partial charge in [0.15, 0.2) is 5.58 Å². The zero-order valence-corrected chi connectivity index (χ0v) is 15.9. The van der Waals surface area contributed by atoms with E-state index in [0.717, 1.165) is 31.4 Å². The van der Waals surface area contributed by atoms with Gasteiger partial charge in [0.25, 0.3) is 0 Å². The molecule has 1 saturated carbocycles. The number of oxazole rings is 1. The van der Waals surface area contributed by atoms with Crippen LogP contribution in [-0.2, 0) is 16.1 Å². The number of aryl methyl sites for hydroxylation is 1. The molecular formula is C20H26N4O4. The number of nitrogens with zero attached hydrogens (tertiary/aromatic N) is 3. The number of benzene rings is 1. The molecule has 2 aliphatic rings. The first-order valence-corrected chi connectivity index (χ1v) is 9.98. The van der Waals surface area contributed by atoms with Crippen molar-refractivity contribution in [2.24, 2.45) is 0 Å². The van der Waals surface area contributed by atoms with E-state index in [9.17, 15) is 14.4 Å². The number of carbonyl (C=O) groups is 2. The second-order valence-corrected chi connectivity index (χ2v) is 7.59. The first-order chi connectivity index (χ1) is 13.6. The summed E-state index contributed by atoms with van der Waals surface area (Å²) in [6.45, 7) is 3.59. The number of hydrogen-bond acceptors (Lipinski definition) is 5. The number of aromatic nitrogens is 1. The highest BCUT2D eigenvalue weighted by atomic mass is 16.4. The Morgan fingerprint density at radius 1 is 1.11 bits per heavy atom. The minimum atomic E-state index is -0.383. The molecule has 0 unspecified atom stereocenters. The van der Waals surface area contributed by atoms with Gasteiger partial charge in [-0.15, -0.1) is 0 Å². The summed E-state index contributed by atoms with van der Waals surface area (Å²) in [6.07, 6.45) is 3.17. The predicted octanol–water partition coefficient (Wildman–Crippen LogP) is 0.797. The van der Waals surface area contributed by atoms with Gasteiger partial charge in [0.1, 0.15) is 0 Å². The average Bonchev–Trinajstić information content (AvgIpc) is 3.44. The second-order valence-electron chi connectivity index (χ2n) is 7.59. The number of hydrogen-bond donors (Lipinski definition) is 1. The van der Waals surface area contributed by atoms with Crippen LogP contribution in [0.4, 0.5) is 0 Å². The molecule has 1 aliphatic heterocycles. The lowest BCUT2D eigenvalue weighted by Crippen LogP contribution is -2.51. The number of piperazine rings is 1. The molecule has 1 aliphatic carbocycles. The number of para-hydroxylation sites is 2. The van der Waals surface area contributed by atoms with Crippen LogP contribution in [0.2, 0.25) is 0 Å². The van der Waals surface area contributed by atoms with Crippen molar-refractivity contribution < 1.29 is 14.0 Å². The van der Waals surface area contributed by atoms with E-state index in [0.29, 0.717) is 50.6 Å². The third-order valence-corrected chi connectivity index (χ3v) is 5.38. The van der Waals surface area contributed by atoms with E-state index in [1.807, 2.05) is 23.1 Å². The largest absolute Gasteiger partial charge is 0.419 e. The van der Waals surface area contributed by atoms with Crippen molar-refractivity contribution in [1.82, 2.24) is 19.7 Å². The van der Waals surface area contributed by atoms with Gasteiger partial charge >= 0.3 is 5.76 Å². The number of fused-ring (bicyclic) bond motifs is 1. The molecular weight excluding hydrogens is 360 g/mol. The van der Waals surface area contributed by atoms with Gasteiger partial charge in [-0.3, -0.25) is 19.1 Å². The average molecular weight is 386 g/mol. The van der Waals surface area contributed by atoms with Gasteiger partial charge in [0.05, 0.1) is 12.1 Å². The third-order valence-electron chi connectivity index (χ3n) is 5.38. The molecule has 2 aromatic rings. The van der Waals surface area contributed by atoms with Crippen LogP contribution >= 0.6 is 0 Å². The molecule has 4 rings (SSSR count). The highest BCUT2D eigenvalue weighted by Gasteiger charge is 2.26. The Balaban J connectivity index is 1.21. The van der Waals surface area contributed by atoms with Crippen LogP contribution in [0.3, 0.4) is 0 Å². The molecule has 8 nitrogen and oxygen atoms in total. The molecule has 0 radical (unpaired) electrons. The maximum Gasteiger partial charge on any atom is 0.419 e. The Hall–Kier alpha value is -2.61. The van der Waals surface area contributed by atoms with Crippen molar-refractivity contribution in [3.8, 4) is 0 Å². The minimum Gasteiger partial charge on any atom is -0.408 e. The van der Waals surface area contributed by atoms with Crippen LogP contribution in [0.25, 0.3) is 11.1 Å². The number of rotatable bonds is 7. The molecule has 8 heteroatoms. The van der Waals surface area contributed by atoms with Gasteiger partial charge < -0.3 is 14.6 Å². The van der Waals surface area contributed by atoms with Crippen LogP contribution in [0, 0.1) is 0 Å². The quantitative estimate of drug-likeness (QED) is 0.760.